The van der Waals surface area contributed by atoms with Gasteiger partial charge in [0, 0.05) is 25.0 Å². The van der Waals surface area contributed by atoms with Crippen LogP contribution >= 0.6 is 0 Å². The van der Waals surface area contributed by atoms with Crippen molar-refractivity contribution in [2.45, 2.75) is 71.3 Å². The number of nitrogens with zero attached hydrogens (tertiary/aromatic N) is 1. The Hall–Kier alpha value is -4.56. The second-order valence-corrected chi connectivity index (χ2v) is 11.4. The zero-order valence-electron chi connectivity index (χ0n) is 25.7. The highest BCUT2D eigenvalue weighted by molar-refractivity contribution is 5.98. The van der Waals surface area contributed by atoms with E-state index in [4.69, 9.17) is 9.47 Å². The lowest BCUT2D eigenvalue weighted by molar-refractivity contribution is -0.163. The first-order valence-electron chi connectivity index (χ1n) is 14.1. The SMILES string of the molecule is CC(=O)Oc1cccc(C(=O)N[C@@H](Cc2ccccc2)[C@H](OC(C)=O)C(=O)N2CC(F)(F)C(C)(C)C2C(=O)NCC(F)(F)F)c1C. The Morgan fingerprint density at radius 3 is 2.17 bits per heavy atom. The molecule has 1 unspecified atom stereocenters. The first kappa shape index (κ1) is 35.9. The van der Waals surface area contributed by atoms with Crippen LogP contribution in [-0.2, 0) is 30.3 Å². The monoisotopic (exact) mass is 655 g/mol. The smallest absolute Gasteiger partial charge is 0.405 e. The van der Waals surface area contributed by atoms with Crippen molar-refractivity contribution < 1.29 is 55.4 Å². The van der Waals surface area contributed by atoms with Crippen LogP contribution in [0, 0.1) is 12.3 Å². The van der Waals surface area contributed by atoms with Gasteiger partial charge in [-0.3, -0.25) is 24.0 Å². The van der Waals surface area contributed by atoms with Crippen LogP contribution in [0.2, 0.25) is 0 Å². The number of hydrogen-bond donors (Lipinski definition) is 2. The highest BCUT2D eigenvalue weighted by Gasteiger charge is 2.65. The number of alkyl halides is 5. The van der Waals surface area contributed by atoms with Crippen molar-refractivity contribution in [2.24, 2.45) is 5.41 Å². The van der Waals surface area contributed by atoms with E-state index >= 15 is 8.78 Å². The van der Waals surface area contributed by atoms with Gasteiger partial charge in [0.1, 0.15) is 18.3 Å². The van der Waals surface area contributed by atoms with Gasteiger partial charge in [0.15, 0.2) is 0 Å². The maximum Gasteiger partial charge on any atom is 0.405 e. The summed E-state index contributed by atoms with van der Waals surface area (Å²) >= 11 is 0. The molecule has 1 aliphatic rings. The van der Waals surface area contributed by atoms with Crippen LogP contribution in [0.15, 0.2) is 48.5 Å². The molecule has 1 heterocycles. The molecule has 0 radical (unpaired) electrons. The molecule has 1 fully saturated rings. The third-order valence-electron chi connectivity index (χ3n) is 7.60. The van der Waals surface area contributed by atoms with E-state index in [1.807, 2.05) is 0 Å². The lowest BCUT2D eigenvalue weighted by Gasteiger charge is -2.35. The first-order valence-corrected chi connectivity index (χ1v) is 14.1. The molecular weight excluding hydrogens is 621 g/mol. The minimum atomic E-state index is -4.87. The van der Waals surface area contributed by atoms with Gasteiger partial charge in [0.2, 0.25) is 12.0 Å². The van der Waals surface area contributed by atoms with Gasteiger partial charge in [-0.2, -0.15) is 13.2 Å². The quantitative estimate of drug-likeness (QED) is 0.227. The Morgan fingerprint density at radius 1 is 0.978 bits per heavy atom. The molecule has 0 aromatic heterocycles. The van der Waals surface area contributed by atoms with Crippen molar-refractivity contribution in [3.63, 3.8) is 0 Å². The number of benzene rings is 2. The Balaban J connectivity index is 2.07. The molecule has 0 saturated carbocycles. The molecule has 46 heavy (non-hydrogen) atoms. The maximum atomic E-state index is 15.3. The largest absolute Gasteiger partial charge is 0.450 e. The number of ether oxygens (including phenoxy) is 2. The van der Waals surface area contributed by atoms with E-state index in [0.29, 0.717) is 10.5 Å². The number of halogens is 5. The molecule has 2 aromatic rings. The van der Waals surface area contributed by atoms with Gasteiger partial charge in [-0.25, -0.2) is 8.78 Å². The Labute approximate surface area is 261 Å². The van der Waals surface area contributed by atoms with Crippen molar-refractivity contribution in [1.82, 2.24) is 15.5 Å². The second kappa shape index (κ2) is 13.8. The number of nitrogens with one attached hydrogen (secondary N) is 2. The molecule has 1 aliphatic heterocycles. The fourth-order valence-corrected chi connectivity index (χ4v) is 5.18. The molecule has 2 N–H and O–H groups in total. The molecular formula is C31H34F5N3O7. The molecule has 3 amide bonds. The molecule has 3 atom stereocenters. The van der Waals surface area contributed by atoms with Gasteiger partial charge >= 0.3 is 18.1 Å². The summed E-state index contributed by atoms with van der Waals surface area (Å²) in [6.07, 6.45) is -7.05. The number of likely N-dealkylation sites (tertiary alicyclic amines) is 1. The second-order valence-electron chi connectivity index (χ2n) is 11.4. The zero-order valence-corrected chi connectivity index (χ0v) is 25.7. The summed E-state index contributed by atoms with van der Waals surface area (Å²) in [4.78, 5) is 64.8. The summed E-state index contributed by atoms with van der Waals surface area (Å²) in [5.74, 6) is -9.01. The third-order valence-corrected chi connectivity index (χ3v) is 7.60. The number of carbonyl (C=O) groups excluding carboxylic acids is 5. The number of amides is 3. The Bertz CT molecular complexity index is 1480. The van der Waals surface area contributed by atoms with Crippen LogP contribution in [-0.4, -0.2) is 77.9 Å². The topological polar surface area (TPSA) is 131 Å². The Morgan fingerprint density at radius 2 is 1.61 bits per heavy atom. The molecule has 3 rings (SSSR count). The van der Waals surface area contributed by atoms with E-state index in [-0.39, 0.29) is 23.3 Å². The molecule has 10 nitrogen and oxygen atoms in total. The van der Waals surface area contributed by atoms with Gasteiger partial charge in [-0.1, -0.05) is 50.2 Å². The molecule has 15 heteroatoms. The van der Waals surface area contributed by atoms with Crippen LogP contribution in [0.4, 0.5) is 22.0 Å². The first-order chi connectivity index (χ1) is 21.2. The number of rotatable bonds is 10. The average Bonchev–Trinajstić information content (AvgIpc) is 3.14. The van der Waals surface area contributed by atoms with Crippen LogP contribution in [0.5, 0.6) is 5.75 Å². The highest BCUT2D eigenvalue weighted by Crippen LogP contribution is 2.48. The van der Waals surface area contributed by atoms with E-state index in [9.17, 15) is 37.1 Å². The van der Waals surface area contributed by atoms with Gasteiger partial charge < -0.3 is 25.0 Å². The number of esters is 2. The molecule has 250 valence electrons. The van der Waals surface area contributed by atoms with E-state index < -0.39 is 78.5 Å². The third kappa shape index (κ3) is 8.37. The minimum absolute atomic E-state index is 0.00378. The van der Waals surface area contributed by atoms with E-state index in [0.717, 1.165) is 27.7 Å². The molecule has 0 aliphatic carbocycles. The summed E-state index contributed by atoms with van der Waals surface area (Å²) in [6, 6.07) is 8.97. The van der Waals surface area contributed by atoms with E-state index in [1.165, 1.54) is 25.1 Å². The minimum Gasteiger partial charge on any atom is -0.450 e. The lowest BCUT2D eigenvalue weighted by atomic mass is 9.81. The van der Waals surface area contributed by atoms with Crippen molar-refractivity contribution in [2.75, 3.05) is 13.1 Å². The van der Waals surface area contributed by atoms with Gasteiger partial charge in [0.05, 0.1) is 18.0 Å². The van der Waals surface area contributed by atoms with E-state index in [2.05, 4.69) is 5.32 Å². The van der Waals surface area contributed by atoms with Crippen LogP contribution in [0.1, 0.15) is 49.2 Å². The summed E-state index contributed by atoms with van der Waals surface area (Å²) in [6.45, 7) is 2.24. The van der Waals surface area contributed by atoms with Crippen LogP contribution in [0.25, 0.3) is 0 Å². The molecule has 0 bridgehead atoms. The number of carbonyl (C=O) groups is 5. The normalized spacial score (nSPS) is 18.2. The lowest BCUT2D eigenvalue weighted by Crippen LogP contribution is -2.59. The maximum absolute atomic E-state index is 15.3. The molecule has 2 aromatic carbocycles. The highest BCUT2D eigenvalue weighted by atomic mass is 19.4. The van der Waals surface area contributed by atoms with Crippen LogP contribution in [0.3, 0.4) is 0 Å². The van der Waals surface area contributed by atoms with Crippen LogP contribution < -0.4 is 15.4 Å². The standard InChI is InChI=1S/C31H34F5N3O7/c1-17-21(12-9-13-23(17)45-18(2)40)26(42)38-22(14-20-10-7-6-8-11-20)24(46-19(3)41)28(44)39-16-30(32,33)29(4,5)25(39)27(43)37-15-31(34,35)36/h6-13,22,24-25H,14-16H2,1-5H3,(H,37,43)(H,38,42)/t22-,24-,25?/m0/s1. The zero-order chi connectivity index (χ0) is 34.6. The van der Waals surface area contributed by atoms with E-state index in [1.54, 1.807) is 35.6 Å². The van der Waals surface area contributed by atoms with Crippen molar-refractivity contribution in [3.8, 4) is 5.75 Å². The van der Waals surface area contributed by atoms with Gasteiger partial charge in [0.25, 0.3) is 17.7 Å². The van der Waals surface area contributed by atoms with Gasteiger partial charge in [-0.05, 0) is 31.0 Å². The van der Waals surface area contributed by atoms with Gasteiger partial charge in [-0.15, -0.1) is 0 Å². The molecule has 0 spiro atoms. The predicted octanol–water partition coefficient (Wildman–Crippen LogP) is 3.74. The van der Waals surface area contributed by atoms with Crippen molar-refractivity contribution >= 4 is 29.7 Å². The fraction of sp³-hybridized carbons (Fsp3) is 0.452. The summed E-state index contributed by atoms with van der Waals surface area (Å²) in [5.41, 5.74) is -1.57. The average molecular weight is 656 g/mol. The summed E-state index contributed by atoms with van der Waals surface area (Å²) in [7, 11) is 0. The molecule has 1 saturated heterocycles. The van der Waals surface area contributed by atoms with Crippen molar-refractivity contribution in [1.29, 1.82) is 0 Å². The fourth-order valence-electron chi connectivity index (χ4n) is 5.18. The van der Waals surface area contributed by atoms with Crippen molar-refractivity contribution in [3.05, 3.63) is 65.2 Å². The predicted molar refractivity (Wildman–Crippen MR) is 153 cm³/mol. The summed E-state index contributed by atoms with van der Waals surface area (Å²) in [5, 5.41) is 4.17. The summed E-state index contributed by atoms with van der Waals surface area (Å²) < 4.78 is 79.7. The Kier molecular flexibility index (Phi) is 10.8. The number of hydrogen-bond acceptors (Lipinski definition) is 7.